The summed E-state index contributed by atoms with van der Waals surface area (Å²) in [6, 6.07) is 0.154. The second-order valence-electron chi connectivity index (χ2n) is 5.12. The first-order chi connectivity index (χ1) is 8.75. The van der Waals surface area contributed by atoms with Gasteiger partial charge in [-0.05, 0) is 34.2 Å². The van der Waals surface area contributed by atoms with Crippen LogP contribution in [0.3, 0.4) is 0 Å². The molecule has 1 amide bonds. The van der Waals surface area contributed by atoms with E-state index in [-0.39, 0.29) is 23.2 Å². The van der Waals surface area contributed by atoms with Crippen LogP contribution in [-0.2, 0) is 14.3 Å². The van der Waals surface area contributed by atoms with Gasteiger partial charge in [0, 0.05) is 11.3 Å². The molecule has 0 aliphatic carbocycles. The lowest BCUT2D eigenvalue weighted by Crippen LogP contribution is -2.49. The van der Waals surface area contributed by atoms with Crippen LogP contribution >= 0.6 is 11.8 Å². The van der Waals surface area contributed by atoms with Crippen molar-refractivity contribution < 1.29 is 14.3 Å². The SMILES string of the molecule is CNC(C)(CC(C)SCC(=O)NC(C)C)C(=O)OC. The lowest BCUT2D eigenvalue weighted by Gasteiger charge is -2.28. The number of nitrogens with one attached hydrogen (secondary N) is 2. The van der Waals surface area contributed by atoms with Gasteiger partial charge in [0.2, 0.25) is 5.91 Å². The van der Waals surface area contributed by atoms with Crippen LogP contribution < -0.4 is 10.6 Å². The lowest BCUT2D eigenvalue weighted by atomic mass is 9.96. The Morgan fingerprint density at radius 1 is 1.32 bits per heavy atom. The quantitative estimate of drug-likeness (QED) is 0.657. The predicted molar refractivity (Wildman–Crippen MR) is 79.3 cm³/mol. The first kappa shape index (κ1) is 18.2. The van der Waals surface area contributed by atoms with E-state index >= 15 is 0 Å². The molecule has 0 saturated heterocycles. The van der Waals surface area contributed by atoms with Crippen molar-refractivity contribution >= 4 is 23.6 Å². The van der Waals surface area contributed by atoms with Crippen molar-refractivity contribution in [2.45, 2.75) is 50.9 Å². The highest BCUT2D eigenvalue weighted by molar-refractivity contribution is 8.00. The standard InChI is InChI=1S/C13H26N2O3S/c1-9(2)15-11(16)8-19-10(3)7-13(4,14-5)12(17)18-6/h9-10,14H,7-8H2,1-6H3,(H,15,16). The Bertz CT molecular complexity index is 310. The first-order valence-electron chi connectivity index (χ1n) is 6.43. The van der Waals surface area contributed by atoms with Gasteiger partial charge in [-0.15, -0.1) is 11.8 Å². The number of ether oxygens (including phenoxy) is 1. The average Bonchev–Trinajstić information content (AvgIpc) is 2.34. The molecule has 0 rings (SSSR count). The van der Waals surface area contributed by atoms with Gasteiger partial charge in [-0.1, -0.05) is 6.92 Å². The monoisotopic (exact) mass is 290 g/mol. The number of amides is 1. The topological polar surface area (TPSA) is 67.4 Å². The molecule has 2 unspecified atom stereocenters. The normalized spacial score (nSPS) is 15.7. The molecule has 0 aromatic rings. The number of likely N-dealkylation sites (N-methyl/N-ethyl adjacent to an activating group) is 1. The molecular weight excluding hydrogens is 264 g/mol. The van der Waals surface area contributed by atoms with Crippen LogP contribution in [0.4, 0.5) is 0 Å². The molecule has 0 aliphatic rings. The molecule has 0 saturated carbocycles. The maximum atomic E-state index is 11.7. The molecule has 0 bridgehead atoms. The van der Waals surface area contributed by atoms with E-state index < -0.39 is 5.54 Å². The predicted octanol–water partition coefficient (Wildman–Crippen LogP) is 1.17. The molecule has 0 heterocycles. The summed E-state index contributed by atoms with van der Waals surface area (Å²) < 4.78 is 4.80. The van der Waals surface area contributed by atoms with Crippen molar-refractivity contribution in [3.63, 3.8) is 0 Å². The molecule has 112 valence electrons. The van der Waals surface area contributed by atoms with E-state index in [2.05, 4.69) is 10.6 Å². The summed E-state index contributed by atoms with van der Waals surface area (Å²) in [7, 11) is 3.12. The Hall–Kier alpha value is -0.750. The molecule has 2 atom stereocenters. The molecule has 5 nitrogen and oxygen atoms in total. The van der Waals surface area contributed by atoms with Crippen LogP contribution in [0.15, 0.2) is 0 Å². The lowest BCUT2D eigenvalue weighted by molar-refractivity contribution is -0.147. The minimum atomic E-state index is -0.713. The fraction of sp³-hybridized carbons (Fsp3) is 0.846. The van der Waals surface area contributed by atoms with Gasteiger partial charge >= 0.3 is 5.97 Å². The minimum absolute atomic E-state index is 0.0241. The van der Waals surface area contributed by atoms with E-state index in [1.165, 1.54) is 18.9 Å². The maximum Gasteiger partial charge on any atom is 0.325 e. The van der Waals surface area contributed by atoms with Crippen LogP contribution in [0, 0.1) is 0 Å². The van der Waals surface area contributed by atoms with Gasteiger partial charge in [0.25, 0.3) is 0 Å². The first-order valence-corrected chi connectivity index (χ1v) is 7.48. The number of rotatable bonds is 8. The highest BCUT2D eigenvalue weighted by Crippen LogP contribution is 2.22. The summed E-state index contributed by atoms with van der Waals surface area (Å²) in [5, 5.41) is 6.01. The summed E-state index contributed by atoms with van der Waals surface area (Å²) >= 11 is 1.54. The average molecular weight is 290 g/mol. The number of methoxy groups -OCH3 is 1. The zero-order chi connectivity index (χ0) is 15.1. The molecule has 2 N–H and O–H groups in total. The highest BCUT2D eigenvalue weighted by Gasteiger charge is 2.34. The van der Waals surface area contributed by atoms with E-state index in [9.17, 15) is 9.59 Å². The van der Waals surface area contributed by atoms with E-state index in [4.69, 9.17) is 4.74 Å². The number of hydrogen-bond donors (Lipinski definition) is 2. The fourth-order valence-corrected chi connectivity index (χ4v) is 2.70. The molecule has 0 aromatic carbocycles. The third-order valence-electron chi connectivity index (χ3n) is 2.83. The van der Waals surface area contributed by atoms with Crippen LogP contribution in [0.25, 0.3) is 0 Å². The van der Waals surface area contributed by atoms with Crippen LogP contribution in [0.1, 0.15) is 34.1 Å². The molecular formula is C13H26N2O3S. The van der Waals surface area contributed by atoms with Crippen LogP contribution in [0.5, 0.6) is 0 Å². The molecule has 6 heteroatoms. The van der Waals surface area contributed by atoms with Crippen molar-refractivity contribution in [2.24, 2.45) is 0 Å². The zero-order valence-electron chi connectivity index (χ0n) is 12.7. The van der Waals surface area contributed by atoms with Crippen molar-refractivity contribution in [2.75, 3.05) is 19.9 Å². The largest absolute Gasteiger partial charge is 0.468 e. The Morgan fingerprint density at radius 3 is 2.32 bits per heavy atom. The number of carbonyl (C=O) groups excluding carboxylic acids is 2. The van der Waals surface area contributed by atoms with Gasteiger partial charge in [0.15, 0.2) is 0 Å². The number of thioether (sulfide) groups is 1. The smallest absolute Gasteiger partial charge is 0.325 e. The minimum Gasteiger partial charge on any atom is -0.468 e. The number of carbonyl (C=O) groups is 2. The van der Waals surface area contributed by atoms with Gasteiger partial charge in [-0.3, -0.25) is 9.59 Å². The van der Waals surface area contributed by atoms with E-state index in [1.807, 2.05) is 27.7 Å². The van der Waals surface area contributed by atoms with Crippen molar-refractivity contribution in [3.05, 3.63) is 0 Å². The molecule has 0 spiro atoms. The van der Waals surface area contributed by atoms with E-state index in [0.29, 0.717) is 12.2 Å². The molecule has 0 aliphatic heterocycles. The molecule has 0 fully saturated rings. The van der Waals surface area contributed by atoms with Gasteiger partial charge in [-0.2, -0.15) is 0 Å². The Morgan fingerprint density at radius 2 is 1.89 bits per heavy atom. The van der Waals surface area contributed by atoms with Crippen LogP contribution in [-0.4, -0.2) is 48.6 Å². The van der Waals surface area contributed by atoms with Gasteiger partial charge < -0.3 is 15.4 Å². The molecule has 0 radical (unpaired) electrons. The third kappa shape index (κ3) is 6.82. The molecule has 0 aromatic heterocycles. The summed E-state index contributed by atoms with van der Waals surface area (Å²) in [6.07, 6.45) is 0.607. The second kappa shape index (κ2) is 8.43. The number of esters is 1. The van der Waals surface area contributed by atoms with E-state index in [1.54, 1.807) is 7.05 Å². The Labute approximate surface area is 120 Å². The van der Waals surface area contributed by atoms with Crippen molar-refractivity contribution in [1.82, 2.24) is 10.6 Å². The highest BCUT2D eigenvalue weighted by atomic mass is 32.2. The Balaban J connectivity index is 4.25. The van der Waals surface area contributed by atoms with Crippen molar-refractivity contribution in [3.8, 4) is 0 Å². The van der Waals surface area contributed by atoms with Crippen LogP contribution in [0.2, 0.25) is 0 Å². The summed E-state index contributed by atoms with van der Waals surface area (Å²) in [4.78, 5) is 23.3. The second-order valence-corrected chi connectivity index (χ2v) is 6.55. The maximum absolute atomic E-state index is 11.7. The van der Waals surface area contributed by atoms with Gasteiger partial charge in [0.05, 0.1) is 12.9 Å². The van der Waals surface area contributed by atoms with Gasteiger partial charge in [-0.25, -0.2) is 0 Å². The zero-order valence-corrected chi connectivity index (χ0v) is 13.5. The number of hydrogen-bond acceptors (Lipinski definition) is 5. The van der Waals surface area contributed by atoms with Crippen molar-refractivity contribution in [1.29, 1.82) is 0 Å². The fourth-order valence-electron chi connectivity index (χ4n) is 1.73. The summed E-state index contributed by atoms with van der Waals surface area (Å²) in [6.45, 7) is 7.68. The molecule has 19 heavy (non-hydrogen) atoms. The Kier molecular flexibility index (Phi) is 8.09. The summed E-state index contributed by atoms with van der Waals surface area (Å²) in [5.74, 6) is 0.144. The third-order valence-corrected chi connectivity index (χ3v) is 4.00. The van der Waals surface area contributed by atoms with E-state index in [0.717, 1.165) is 0 Å². The van der Waals surface area contributed by atoms with Gasteiger partial charge in [0.1, 0.15) is 5.54 Å². The summed E-state index contributed by atoms with van der Waals surface area (Å²) in [5.41, 5.74) is -0.713.